The largest absolute Gasteiger partial charge is 0.381 e. The van der Waals surface area contributed by atoms with Crippen molar-refractivity contribution in [2.24, 2.45) is 5.73 Å². The topological polar surface area (TPSA) is 52.3 Å². The van der Waals surface area contributed by atoms with Crippen LogP contribution in [-0.2, 0) is 16.0 Å². The molecule has 2 N–H and O–H groups in total. The minimum absolute atomic E-state index is 0.130. The summed E-state index contributed by atoms with van der Waals surface area (Å²) in [6.07, 6.45) is 1.71. The molecule has 2 rings (SSSR count). The molecule has 0 saturated carbocycles. The first-order valence-electron chi connectivity index (χ1n) is 5.24. The van der Waals surface area contributed by atoms with Crippen molar-refractivity contribution in [3.05, 3.63) is 20.8 Å². The van der Waals surface area contributed by atoms with Crippen LogP contribution in [0.4, 0.5) is 0 Å². The van der Waals surface area contributed by atoms with Crippen molar-refractivity contribution in [1.29, 1.82) is 0 Å². The Morgan fingerprint density at radius 3 is 2.75 bits per heavy atom. The average molecular weight is 304 g/mol. The van der Waals surface area contributed by atoms with Crippen LogP contribution in [0, 0.1) is 0 Å². The standard InChI is InChI=1S/C11H14BrNO2S/c12-10-2-1-8(16-10)7-9(14)11(13)3-5-15-6-4-11/h1-2H,3-7,13H2. The van der Waals surface area contributed by atoms with Gasteiger partial charge in [-0.25, -0.2) is 0 Å². The molecule has 0 amide bonds. The first-order valence-corrected chi connectivity index (χ1v) is 6.85. The molecule has 1 aromatic heterocycles. The van der Waals surface area contributed by atoms with Crippen LogP contribution >= 0.6 is 27.3 Å². The van der Waals surface area contributed by atoms with Crippen molar-refractivity contribution in [1.82, 2.24) is 0 Å². The molecule has 16 heavy (non-hydrogen) atoms. The second-order valence-corrected chi connectivity index (χ2v) is 6.62. The van der Waals surface area contributed by atoms with Gasteiger partial charge >= 0.3 is 0 Å². The molecule has 0 atom stereocenters. The third-order valence-corrected chi connectivity index (χ3v) is 4.53. The van der Waals surface area contributed by atoms with Gasteiger partial charge in [0, 0.05) is 24.5 Å². The molecule has 0 radical (unpaired) electrons. The number of ether oxygens (including phenoxy) is 1. The highest BCUT2D eigenvalue weighted by atomic mass is 79.9. The van der Waals surface area contributed by atoms with Crippen LogP contribution in [0.2, 0.25) is 0 Å². The highest BCUT2D eigenvalue weighted by molar-refractivity contribution is 9.11. The molecule has 1 saturated heterocycles. The van der Waals surface area contributed by atoms with Crippen LogP contribution in [0.15, 0.2) is 15.9 Å². The Hall–Kier alpha value is -0.230. The van der Waals surface area contributed by atoms with E-state index in [-0.39, 0.29) is 5.78 Å². The number of hydrogen-bond acceptors (Lipinski definition) is 4. The van der Waals surface area contributed by atoms with E-state index in [9.17, 15) is 4.79 Å². The Balaban J connectivity index is 2.01. The average Bonchev–Trinajstić information content (AvgIpc) is 2.65. The highest BCUT2D eigenvalue weighted by Crippen LogP contribution is 2.26. The fourth-order valence-electron chi connectivity index (χ4n) is 1.80. The number of hydrogen-bond donors (Lipinski definition) is 1. The van der Waals surface area contributed by atoms with Gasteiger partial charge in [-0.05, 0) is 40.9 Å². The van der Waals surface area contributed by atoms with Gasteiger partial charge in [0.05, 0.1) is 9.33 Å². The molecule has 3 nitrogen and oxygen atoms in total. The maximum Gasteiger partial charge on any atom is 0.157 e. The van der Waals surface area contributed by atoms with E-state index in [1.807, 2.05) is 12.1 Å². The lowest BCUT2D eigenvalue weighted by Crippen LogP contribution is -2.52. The van der Waals surface area contributed by atoms with Gasteiger partial charge in [0.15, 0.2) is 5.78 Å². The summed E-state index contributed by atoms with van der Waals surface area (Å²) in [7, 11) is 0. The lowest BCUT2D eigenvalue weighted by Gasteiger charge is -2.31. The minimum atomic E-state index is -0.672. The molecular weight excluding hydrogens is 290 g/mol. The molecule has 0 spiro atoms. The van der Waals surface area contributed by atoms with E-state index in [1.54, 1.807) is 11.3 Å². The normalized spacial score (nSPS) is 19.6. The van der Waals surface area contributed by atoms with Crippen LogP contribution in [0.1, 0.15) is 17.7 Å². The van der Waals surface area contributed by atoms with Gasteiger partial charge in [0.2, 0.25) is 0 Å². The molecule has 1 aliphatic heterocycles. The first kappa shape index (κ1) is 12.2. The quantitative estimate of drug-likeness (QED) is 0.931. The maximum absolute atomic E-state index is 12.1. The maximum atomic E-state index is 12.1. The molecular formula is C11H14BrNO2S. The molecule has 0 aliphatic carbocycles. The zero-order valence-corrected chi connectivity index (χ0v) is 11.3. The van der Waals surface area contributed by atoms with Crippen molar-refractivity contribution in [2.75, 3.05) is 13.2 Å². The van der Waals surface area contributed by atoms with Gasteiger partial charge in [-0.1, -0.05) is 0 Å². The predicted octanol–water partition coefficient (Wildman–Crippen LogP) is 2.13. The number of thiophene rings is 1. The highest BCUT2D eigenvalue weighted by Gasteiger charge is 2.35. The lowest BCUT2D eigenvalue weighted by atomic mass is 9.85. The number of carbonyl (C=O) groups excluding carboxylic acids is 1. The summed E-state index contributed by atoms with van der Waals surface area (Å²) in [5.74, 6) is 0.130. The van der Waals surface area contributed by atoms with E-state index in [0.29, 0.717) is 32.5 Å². The Morgan fingerprint density at radius 1 is 1.50 bits per heavy atom. The zero-order valence-electron chi connectivity index (χ0n) is 8.87. The molecule has 5 heteroatoms. The number of nitrogens with two attached hydrogens (primary N) is 1. The van der Waals surface area contributed by atoms with Gasteiger partial charge in [-0.3, -0.25) is 4.79 Å². The van der Waals surface area contributed by atoms with E-state index in [0.717, 1.165) is 8.66 Å². The molecule has 1 aliphatic rings. The summed E-state index contributed by atoms with van der Waals surface area (Å²) in [5, 5.41) is 0. The zero-order chi connectivity index (χ0) is 11.6. The summed E-state index contributed by atoms with van der Waals surface area (Å²) >= 11 is 4.98. The third kappa shape index (κ3) is 2.71. The summed E-state index contributed by atoms with van der Waals surface area (Å²) in [6.45, 7) is 1.19. The summed E-state index contributed by atoms with van der Waals surface area (Å²) in [4.78, 5) is 13.2. The Bertz CT molecular complexity index is 385. The van der Waals surface area contributed by atoms with Gasteiger partial charge in [-0.15, -0.1) is 11.3 Å². The van der Waals surface area contributed by atoms with Crippen molar-refractivity contribution >= 4 is 33.0 Å². The molecule has 0 bridgehead atoms. The Morgan fingerprint density at radius 2 is 2.19 bits per heavy atom. The molecule has 2 heterocycles. The lowest BCUT2D eigenvalue weighted by molar-refractivity contribution is -0.126. The smallest absolute Gasteiger partial charge is 0.157 e. The Labute approximate surface area is 107 Å². The SMILES string of the molecule is NC1(C(=O)Cc2ccc(Br)s2)CCOCC1. The van der Waals surface area contributed by atoms with Crippen molar-refractivity contribution in [3.8, 4) is 0 Å². The van der Waals surface area contributed by atoms with Gasteiger partial charge in [0.25, 0.3) is 0 Å². The summed E-state index contributed by atoms with van der Waals surface area (Å²) in [5.41, 5.74) is 5.45. The van der Waals surface area contributed by atoms with Crippen molar-refractivity contribution in [2.45, 2.75) is 24.8 Å². The predicted molar refractivity (Wildman–Crippen MR) is 67.7 cm³/mol. The van der Waals surface area contributed by atoms with Crippen molar-refractivity contribution < 1.29 is 9.53 Å². The van der Waals surface area contributed by atoms with Crippen molar-refractivity contribution in [3.63, 3.8) is 0 Å². The molecule has 1 aromatic rings. The molecule has 88 valence electrons. The molecule has 0 aromatic carbocycles. The van der Waals surface area contributed by atoms with E-state index < -0.39 is 5.54 Å². The second-order valence-electron chi connectivity index (χ2n) is 4.07. The fraction of sp³-hybridized carbons (Fsp3) is 0.545. The third-order valence-electron chi connectivity index (χ3n) is 2.90. The Kier molecular flexibility index (Phi) is 3.79. The minimum Gasteiger partial charge on any atom is -0.381 e. The monoisotopic (exact) mass is 303 g/mol. The number of halogens is 1. The van der Waals surface area contributed by atoms with E-state index in [1.165, 1.54) is 0 Å². The number of Topliss-reactive ketones (excluding diaryl/α,β-unsaturated/α-hetero) is 1. The van der Waals surface area contributed by atoms with Gasteiger partial charge < -0.3 is 10.5 Å². The van der Waals surface area contributed by atoms with Gasteiger partial charge in [-0.2, -0.15) is 0 Å². The second kappa shape index (κ2) is 4.96. The molecule has 1 fully saturated rings. The van der Waals surface area contributed by atoms with Crippen LogP contribution < -0.4 is 5.73 Å². The van der Waals surface area contributed by atoms with Gasteiger partial charge in [0.1, 0.15) is 0 Å². The first-order chi connectivity index (χ1) is 7.60. The van der Waals surface area contributed by atoms with E-state index >= 15 is 0 Å². The number of ketones is 1. The number of rotatable bonds is 3. The number of carbonyl (C=O) groups is 1. The van der Waals surface area contributed by atoms with E-state index in [2.05, 4.69) is 15.9 Å². The molecule has 0 unspecified atom stereocenters. The van der Waals surface area contributed by atoms with Crippen LogP contribution in [-0.4, -0.2) is 24.5 Å². The summed E-state index contributed by atoms with van der Waals surface area (Å²) < 4.78 is 6.28. The van der Waals surface area contributed by atoms with Crippen LogP contribution in [0.25, 0.3) is 0 Å². The summed E-state index contributed by atoms with van der Waals surface area (Å²) in [6, 6.07) is 3.93. The van der Waals surface area contributed by atoms with Crippen LogP contribution in [0.3, 0.4) is 0 Å². The van der Waals surface area contributed by atoms with E-state index in [4.69, 9.17) is 10.5 Å². The van der Waals surface area contributed by atoms with Crippen LogP contribution in [0.5, 0.6) is 0 Å². The fourth-order valence-corrected chi connectivity index (χ4v) is 3.28.